The highest BCUT2D eigenvalue weighted by molar-refractivity contribution is 7.89. The molecule has 0 saturated carbocycles. The Morgan fingerprint density at radius 2 is 1.89 bits per heavy atom. The Labute approximate surface area is 156 Å². The molecule has 3 aromatic rings. The van der Waals surface area contributed by atoms with Gasteiger partial charge in [0.2, 0.25) is 10.0 Å². The minimum Gasteiger partial charge on any atom is -0.465 e. The number of rotatable bonds is 2. The number of fused-ring (bicyclic) bond motifs is 3. The lowest BCUT2D eigenvalue weighted by molar-refractivity contribution is 0.0600. The van der Waals surface area contributed by atoms with Crippen LogP contribution < -0.4 is 0 Å². The summed E-state index contributed by atoms with van der Waals surface area (Å²) in [4.78, 5) is 16.5. The lowest BCUT2D eigenvalue weighted by Crippen LogP contribution is -2.25. The van der Waals surface area contributed by atoms with Gasteiger partial charge in [-0.25, -0.2) is 18.2 Å². The van der Waals surface area contributed by atoms with E-state index in [1.165, 1.54) is 24.5 Å². The lowest BCUT2D eigenvalue weighted by Gasteiger charge is -2.14. The molecule has 1 aliphatic heterocycles. The number of imidazole rings is 1. The van der Waals surface area contributed by atoms with Crippen LogP contribution in [0.1, 0.15) is 16.2 Å². The summed E-state index contributed by atoms with van der Waals surface area (Å²) in [5, 5.41) is 0. The monoisotopic (exact) mass is 383 g/mol. The number of sulfonamides is 1. The van der Waals surface area contributed by atoms with Crippen LogP contribution in [-0.4, -0.2) is 42.4 Å². The van der Waals surface area contributed by atoms with Crippen molar-refractivity contribution < 1.29 is 17.9 Å². The van der Waals surface area contributed by atoms with Gasteiger partial charge in [-0.05, 0) is 18.2 Å². The first kappa shape index (κ1) is 17.4. The molecule has 0 spiro atoms. The number of nitrogens with zero attached hydrogens (tertiary/aromatic N) is 3. The summed E-state index contributed by atoms with van der Waals surface area (Å²) in [5.74, 6) is 0.0141. The summed E-state index contributed by atoms with van der Waals surface area (Å²) in [5.41, 5.74) is 2.33. The molecule has 1 aromatic heterocycles. The number of aromatic nitrogens is 2. The highest BCUT2D eigenvalue weighted by Crippen LogP contribution is 2.32. The number of carbonyl (C=O) groups excluding carboxylic acids is 1. The van der Waals surface area contributed by atoms with Crippen LogP contribution in [0.5, 0.6) is 0 Å². The molecule has 8 heteroatoms. The third kappa shape index (κ3) is 2.83. The van der Waals surface area contributed by atoms with E-state index in [0.717, 1.165) is 11.3 Å². The molecule has 0 saturated heterocycles. The Bertz CT molecular complexity index is 1140. The number of benzene rings is 2. The molecule has 27 heavy (non-hydrogen) atoms. The van der Waals surface area contributed by atoms with Crippen LogP contribution in [0.2, 0.25) is 0 Å². The van der Waals surface area contributed by atoms with E-state index in [1.807, 2.05) is 36.5 Å². The summed E-state index contributed by atoms with van der Waals surface area (Å²) in [6.45, 7) is 0.122. The van der Waals surface area contributed by atoms with Gasteiger partial charge >= 0.3 is 5.97 Å². The molecule has 7 nitrogen and oxygen atoms in total. The first-order valence-corrected chi connectivity index (χ1v) is 9.68. The lowest BCUT2D eigenvalue weighted by atomic mass is 10.2. The van der Waals surface area contributed by atoms with Gasteiger partial charge in [-0.2, -0.15) is 4.31 Å². The van der Waals surface area contributed by atoms with Crippen LogP contribution in [-0.2, 0) is 21.3 Å². The maximum Gasteiger partial charge on any atom is 0.337 e. The Morgan fingerprint density at radius 3 is 2.59 bits per heavy atom. The molecule has 0 bridgehead atoms. The zero-order valence-electron chi connectivity index (χ0n) is 14.8. The highest BCUT2D eigenvalue weighted by atomic mass is 32.2. The van der Waals surface area contributed by atoms with Crippen molar-refractivity contribution in [2.24, 2.45) is 0 Å². The Balaban J connectivity index is 1.95. The van der Waals surface area contributed by atoms with E-state index in [1.54, 1.807) is 16.7 Å². The van der Waals surface area contributed by atoms with Crippen molar-refractivity contribution in [3.05, 3.63) is 66.1 Å². The van der Waals surface area contributed by atoms with Crippen molar-refractivity contribution in [1.82, 2.24) is 13.9 Å². The van der Waals surface area contributed by atoms with E-state index in [-0.39, 0.29) is 17.0 Å². The highest BCUT2D eigenvalue weighted by Gasteiger charge is 2.32. The Kier molecular flexibility index (Phi) is 4.09. The van der Waals surface area contributed by atoms with E-state index < -0.39 is 16.0 Å². The summed E-state index contributed by atoms with van der Waals surface area (Å²) in [6.07, 6.45) is 1.82. The second-order valence-corrected chi connectivity index (χ2v) is 8.23. The number of esters is 1. The molecular weight excluding hydrogens is 366 g/mol. The van der Waals surface area contributed by atoms with E-state index in [2.05, 4.69) is 4.98 Å². The van der Waals surface area contributed by atoms with Crippen LogP contribution in [0, 0.1) is 0 Å². The molecule has 0 radical (unpaired) electrons. The second kappa shape index (κ2) is 6.33. The van der Waals surface area contributed by atoms with E-state index >= 15 is 0 Å². The van der Waals surface area contributed by atoms with Gasteiger partial charge < -0.3 is 9.30 Å². The summed E-state index contributed by atoms with van der Waals surface area (Å²) in [6, 6.07) is 14.2. The van der Waals surface area contributed by atoms with E-state index in [0.29, 0.717) is 11.5 Å². The number of ether oxygens (including phenoxy) is 1. The molecule has 2 heterocycles. The normalized spacial score (nSPS) is 15.5. The molecule has 0 atom stereocenters. The number of methoxy groups -OCH3 is 1. The first-order valence-electron chi connectivity index (χ1n) is 8.24. The van der Waals surface area contributed by atoms with Crippen molar-refractivity contribution in [2.45, 2.75) is 11.4 Å². The van der Waals surface area contributed by atoms with Gasteiger partial charge in [-0.3, -0.25) is 0 Å². The summed E-state index contributed by atoms with van der Waals surface area (Å²) >= 11 is 0. The van der Waals surface area contributed by atoms with Gasteiger partial charge in [0.05, 0.1) is 30.6 Å². The predicted molar refractivity (Wildman–Crippen MR) is 99.0 cm³/mol. The molecule has 0 aliphatic carbocycles. The number of carbonyl (C=O) groups is 1. The van der Waals surface area contributed by atoms with Crippen LogP contribution in [0.3, 0.4) is 0 Å². The van der Waals surface area contributed by atoms with Gasteiger partial charge in [-0.15, -0.1) is 0 Å². The predicted octanol–water partition coefficient (Wildman–Crippen LogP) is 2.46. The topological polar surface area (TPSA) is 81.5 Å². The van der Waals surface area contributed by atoms with E-state index in [4.69, 9.17) is 4.74 Å². The van der Waals surface area contributed by atoms with Crippen LogP contribution >= 0.6 is 0 Å². The fourth-order valence-corrected chi connectivity index (χ4v) is 4.43. The minimum absolute atomic E-state index is 0.0451. The SMILES string of the molecule is COC(=O)c1ccc2c(c1)S(=O)(=O)N(C)Cc1nc(-c3ccccc3)cn1-2. The molecule has 0 fully saturated rings. The molecular formula is C19H17N3O4S. The third-order valence-corrected chi connectivity index (χ3v) is 6.37. The van der Waals surface area contributed by atoms with Gasteiger partial charge in [0.1, 0.15) is 10.7 Å². The fraction of sp³-hybridized carbons (Fsp3) is 0.158. The number of hydrogen-bond donors (Lipinski definition) is 0. The van der Waals surface area contributed by atoms with Crippen molar-refractivity contribution in [2.75, 3.05) is 14.2 Å². The third-order valence-electron chi connectivity index (χ3n) is 4.54. The van der Waals surface area contributed by atoms with Crippen LogP contribution in [0.25, 0.3) is 16.9 Å². The molecule has 4 rings (SSSR count). The molecule has 0 unspecified atom stereocenters. The Hall–Kier alpha value is -2.97. The van der Waals surface area contributed by atoms with Crippen molar-refractivity contribution >= 4 is 16.0 Å². The quantitative estimate of drug-likeness (QED) is 0.635. The van der Waals surface area contributed by atoms with Crippen LogP contribution in [0.15, 0.2) is 59.6 Å². The molecule has 1 aliphatic rings. The maximum absolute atomic E-state index is 12.9. The standard InChI is InChI=1S/C19H17N3O4S/c1-21-12-18-20-15(13-6-4-3-5-7-13)11-22(18)16-9-8-14(19(23)26-2)10-17(16)27(21,24)25/h3-11H,12H2,1-2H3. The van der Waals surface area contributed by atoms with Crippen molar-refractivity contribution in [1.29, 1.82) is 0 Å². The van der Waals surface area contributed by atoms with Gasteiger partial charge in [0, 0.05) is 18.8 Å². The first-order chi connectivity index (χ1) is 12.9. The molecule has 138 valence electrons. The van der Waals surface area contributed by atoms with Gasteiger partial charge in [-0.1, -0.05) is 30.3 Å². The average molecular weight is 383 g/mol. The molecule has 0 amide bonds. The zero-order chi connectivity index (χ0) is 19.2. The van der Waals surface area contributed by atoms with E-state index in [9.17, 15) is 13.2 Å². The zero-order valence-corrected chi connectivity index (χ0v) is 15.6. The van der Waals surface area contributed by atoms with Gasteiger partial charge in [0.25, 0.3) is 0 Å². The van der Waals surface area contributed by atoms with Crippen molar-refractivity contribution in [3.8, 4) is 16.9 Å². The largest absolute Gasteiger partial charge is 0.465 e. The van der Waals surface area contributed by atoms with Crippen LogP contribution in [0.4, 0.5) is 0 Å². The summed E-state index contributed by atoms with van der Waals surface area (Å²) in [7, 11) is -1.02. The average Bonchev–Trinajstić information content (AvgIpc) is 3.08. The minimum atomic E-state index is -3.77. The molecule has 2 aromatic carbocycles. The molecule has 0 N–H and O–H groups in total. The smallest absolute Gasteiger partial charge is 0.337 e. The Morgan fingerprint density at radius 1 is 1.15 bits per heavy atom. The number of hydrogen-bond acceptors (Lipinski definition) is 5. The maximum atomic E-state index is 12.9. The van der Waals surface area contributed by atoms with Crippen molar-refractivity contribution in [3.63, 3.8) is 0 Å². The second-order valence-electron chi connectivity index (χ2n) is 6.21. The summed E-state index contributed by atoms with van der Waals surface area (Å²) < 4.78 is 33.6. The fourth-order valence-electron chi connectivity index (χ4n) is 3.10. The van der Waals surface area contributed by atoms with Gasteiger partial charge in [0.15, 0.2) is 0 Å².